The zero-order valence-electron chi connectivity index (χ0n) is 11.4. The van der Waals surface area contributed by atoms with Crippen LogP contribution in [0, 0.1) is 5.92 Å². The van der Waals surface area contributed by atoms with Crippen molar-refractivity contribution in [3.05, 3.63) is 29.8 Å². The van der Waals surface area contributed by atoms with Crippen molar-refractivity contribution in [3.8, 4) is 0 Å². The molecule has 1 aliphatic rings. The minimum absolute atomic E-state index is 0.0387. The second-order valence-electron chi connectivity index (χ2n) is 5.09. The summed E-state index contributed by atoms with van der Waals surface area (Å²) < 4.78 is 5.46. The Kier molecular flexibility index (Phi) is 5.36. The second-order valence-corrected chi connectivity index (χ2v) is 5.09. The van der Waals surface area contributed by atoms with Gasteiger partial charge in [-0.1, -0.05) is 12.1 Å². The quantitative estimate of drug-likeness (QED) is 0.855. The molecule has 1 aliphatic heterocycles. The molecule has 0 spiro atoms. The lowest BCUT2D eigenvalue weighted by atomic mass is 10.0. The van der Waals surface area contributed by atoms with Crippen LogP contribution in [0.25, 0.3) is 0 Å². The van der Waals surface area contributed by atoms with Crippen LogP contribution in [0.15, 0.2) is 24.3 Å². The molecule has 1 amide bonds. The molecule has 1 aromatic rings. The Balaban J connectivity index is 1.71. The van der Waals surface area contributed by atoms with Crippen molar-refractivity contribution >= 4 is 11.6 Å². The molecule has 1 heterocycles. The van der Waals surface area contributed by atoms with E-state index in [0.29, 0.717) is 5.92 Å². The Morgan fingerprint density at radius 1 is 1.37 bits per heavy atom. The summed E-state index contributed by atoms with van der Waals surface area (Å²) in [6.45, 7) is 5.18. The molecule has 1 aromatic carbocycles. The smallest absolute Gasteiger partial charge is 0.221 e. The third-order valence-corrected chi connectivity index (χ3v) is 3.29. The van der Waals surface area contributed by atoms with Crippen molar-refractivity contribution in [2.45, 2.75) is 26.3 Å². The maximum Gasteiger partial charge on any atom is 0.221 e. The fraction of sp³-hybridized carbons (Fsp3) is 0.533. The van der Waals surface area contributed by atoms with Crippen LogP contribution in [0.5, 0.6) is 0 Å². The number of rotatable bonds is 5. The Hall–Kier alpha value is -1.39. The van der Waals surface area contributed by atoms with Crippen LogP contribution in [-0.4, -0.2) is 25.7 Å². The minimum atomic E-state index is -0.0387. The van der Waals surface area contributed by atoms with Crippen LogP contribution in [0.2, 0.25) is 0 Å². The van der Waals surface area contributed by atoms with Crippen molar-refractivity contribution in [3.63, 3.8) is 0 Å². The molecular weight excluding hydrogens is 240 g/mol. The molecule has 0 bridgehead atoms. The SMILES string of the molecule is CC(=O)Nc1ccc(CNC[C@H]2CCCOC2)cc1. The summed E-state index contributed by atoms with van der Waals surface area (Å²) in [5.74, 6) is 0.607. The first-order valence-corrected chi connectivity index (χ1v) is 6.89. The number of anilines is 1. The molecule has 2 N–H and O–H groups in total. The molecule has 1 fully saturated rings. The van der Waals surface area contributed by atoms with E-state index in [4.69, 9.17) is 4.74 Å². The van der Waals surface area contributed by atoms with Crippen molar-refractivity contribution < 1.29 is 9.53 Å². The number of hydrogen-bond acceptors (Lipinski definition) is 3. The van der Waals surface area contributed by atoms with E-state index in [1.54, 1.807) is 0 Å². The summed E-state index contributed by atoms with van der Waals surface area (Å²) in [5.41, 5.74) is 2.07. The predicted octanol–water partition coefficient (Wildman–Crippen LogP) is 2.16. The third kappa shape index (κ3) is 5.01. The van der Waals surface area contributed by atoms with Crippen LogP contribution in [0.3, 0.4) is 0 Å². The zero-order valence-corrected chi connectivity index (χ0v) is 11.4. The molecule has 0 aliphatic carbocycles. The van der Waals surface area contributed by atoms with Gasteiger partial charge in [0.05, 0.1) is 6.61 Å². The molecule has 4 nitrogen and oxygen atoms in total. The van der Waals surface area contributed by atoms with E-state index in [-0.39, 0.29) is 5.91 Å². The molecule has 104 valence electrons. The first kappa shape index (κ1) is 14.0. The summed E-state index contributed by atoms with van der Waals surface area (Å²) in [5, 5.41) is 6.23. The maximum atomic E-state index is 10.9. The third-order valence-electron chi connectivity index (χ3n) is 3.29. The van der Waals surface area contributed by atoms with Crippen LogP contribution in [-0.2, 0) is 16.1 Å². The number of carbonyl (C=O) groups is 1. The van der Waals surface area contributed by atoms with E-state index in [1.807, 2.05) is 24.3 Å². The summed E-state index contributed by atoms with van der Waals surface area (Å²) in [6.07, 6.45) is 2.44. The molecule has 0 saturated carbocycles. The number of nitrogens with one attached hydrogen (secondary N) is 2. The fourth-order valence-electron chi connectivity index (χ4n) is 2.30. The van der Waals surface area contributed by atoms with Crippen molar-refractivity contribution in [2.75, 3.05) is 25.1 Å². The first-order chi connectivity index (χ1) is 9.24. The molecule has 4 heteroatoms. The normalized spacial score (nSPS) is 19.1. The molecular formula is C15H22N2O2. The predicted molar refractivity (Wildman–Crippen MR) is 76.0 cm³/mol. The maximum absolute atomic E-state index is 10.9. The lowest BCUT2D eigenvalue weighted by Gasteiger charge is -2.22. The highest BCUT2D eigenvalue weighted by molar-refractivity contribution is 5.88. The Morgan fingerprint density at radius 2 is 2.16 bits per heavy atom. The summed E-state index contributed by atoms with van der Waals surface area (Å²) in [7, 11) is 0. The first-order valence-electron chi connectivity index (χ1n) is 6.89. The van der Waals surface area contributed by atoms with Gasteiger partial charge in [-0.2, -0.15) is 0 Å². The van der Waals surface area contributed by atoms with Gasteiger partial charge in [0.25, 0.3) is 0 Å². The summed E-state index contributed by atoms with van der Waals surface area (Å²) >= 11 is 0. The van der Waals surface area contributed by atoms with Gasteiger partial charge >= 0.3 is 0 Å². The lowest BCUT2D eigenvalue weighted by molar-refractivity contribution is -0.114. The molecule has 0 aromatic heterocycles. The number of carbonyl (C=O) groups excluding carboxylic acids is 1. The number of hydrogen-bond donors (Lipinski definition) is 2. The highest BCUT2D eigenvalue weighted by Crippen LogP contribution is 2.13. The zero-order chi connectivity index (χ0) is 13.5. The van der Waals surface area contributed by atoms with E-state index in [0.717, 1.165) is 32.0 Å². The van der Waals surface area contributed by atoms with Crippen LogP contribution in [0.4, 0.5) is 5.69 Å². The molecule has 0 radical (unpaired) electrons. The van der Waals surface area contributed by atoms with Crippen LogP contribution in [0.1, 0.15) is 25.3 Å². The standard InChI is InChI=1S/C15H22N2O2/c1-12(18)17-15-6-4-13(5-7-15)9-16-10-14-3-2-8-19-11-14/h4-7,14,16H,2-3,8-11H2,1H3,(H,17,18)/t14-/m1/s1. The average Bonchev–Trinajstić information content (AvgIpc) is 2.41. The van der Waals surface area contributed by atoms with Gasteiger partial charge in [0.15, 0.2) is 0 Å². The summed E-state index contributed by atoms with van der Waals surface area (Å²) in [4.78, 5) is 10.9. The van der Waals surface area contributed by atoms with Crippen molar-refractivity contribution in [1.82, 2.24) is 5.32 Å². The second kappa shape index (κ2) is 7.26. The largest absolute Gasteiger partial charge is 0.381 e. The van der Waals surface area contributed by atoms with E-state index >= 15 is 0 Å². The number of ether oxygens (including phenoxy) is 1. The van der Waals surface area contributed by atoms with Gasteiger partial charge in [-0.25, -0.2) is 0 Å². The van der Waals surface area contributed by atoms with Gasteiger partial charge in [-0.05, 0) is 36.5 Å². The van der Waals surface area contributed by atoms with E-state index in [2.05, 4.69) is 10.6 Å². The lowest BCUT2D eigenvalue weighted by Crippen LogP contribution is -2.28. The highest BCUT2D eigenvalue weighted by Gasteiger charge is 2.12. The van der Waals surface area contributed by atoms with E-state index < -0.39 is 0 Å². The van der Waals surface area contributed by atoms with Gasteiger partial charge < -0.3 is 15.4 Å². The molecule has 0 unspecified atom stereocenters. The molecule has 1 saturated heterocycles. The van der Waals surface area contributed by atoms with E-state index in [1.165, 1.54) is 25.3 Å². The monoisotopic (exact) mass is 262 g/mol. The van der Waals surface area contributed by atoms with Crippen LogP contribution < -0.4 is 10.6 Å². The van der Waals surface area contributed by atoms with Gasteiger partial charge in [-0.3, -0.25) is 4.79 Å². The van der Waals surface area contributed by atoms with Crippen molar-refractivity contribution in [1.29, 1.82) is 0 Å². The highest BCUT2D eigenvalue weighted by atomic mass is 16.5. The molecule has 19 heavy (non-hydrogen) atoms. The Morgan fingerprint density at radius 3 is 2.79 bits per heavy atom. The van der Waals surface area contributed by atoms with Gasteiger partial charge in [0, 0.05) is 32.3 Å². The van der Waals surface area contributed by atoms with Crippen molar-refractivity contribution in [2.24, 2.45) is 5.92 Å². The summed E-state index contributed by atoms with van der Waals surface area (Å²) in [6, 6.07) is 7.94. The fourth-order valence-corrected chi connectivity index (χ4v) is 2.30. The topological polar surface area (TPSA) is 50.4 Å². The average molecular weight is 262 g/mol. The number of benzene rings is 1. The molecule has 2 rings (SSSR count). The minimum Gasteiger partial charge on any atom is -0.381 e. The van der Waals surface area contributed by atoms with E-state index in [9.17, 15) is 4.79 Å². The Labute approximate surface area is 114 Å². The van der Waals surface area contributed by atoms with Crippen LogP contribution >= 0.6 is 0 Å². The molecule has 1 atom stereocenters. The Bertz CT molecular complexity index is 397. The van der Waals surface area contributed by atoms with Gasteiger partial charge in [-0.15, -0.1) is 0 Å². The van der Waals surface area contributed by atoms with Gasteiger partial charge in [0.1, 0.15) is 0 Å². The van der Waals surface area contributed by atoms with Gasteiger partial charge in [0.2, 0.25) is 5.91 Å². The number of amides is 1.